The normalized spacial score (nSPS) is 12.7. The average molecular weight is 456 g/mol. The van der Waals surface area contributed by atoms with Gasteiger partial charge in [-0.05, 0) is 45.2 Å². The van der Waals surface area contributed by atoms with Crippen molar-refractivity contribution in [2.75, 3.05) is 6.54 Å². The number of hydrogen-bond donors (Lipinski definition) is 3. The summed E-state index contributed by atoms with van der Waals surface area (Å²) in [5.74, 6) is -0.393. The molecule has 33 heavy (non-hydrogen) atoms. The molecule has 8 nitrogen and oxygen atoms in total. The molecule has 2 rings (SSSR count). The molecule has 0 saturated carbocycles. The van der Waals surface area contributed by atoms with E-state index in [-0.39, 0.29) is 13.2 Å². The van der Waals surface area contributed by atoms with Crippen LogP contribution >= 0.6 is 0 Å². The molecule has 8 heteroatoms. The summed E-state index contributed by atoms with van der Waals surface area (Å²) in [6, 6.07) is 17.7. The summed E-state index contributed by atoms with van der Waals surface area (Å²) in [5, 5.41) is 8.09. The van der Waals surface area contributed by atoms with E-state index in [2.05, 4.69) is 16.0 Å². The Labute approximate surface area is 195 Å². The third kappa shape index (κ3) is 10.5. The standard InChI is InChI=1S/C25H33N3O5/c1-18(27-23(30)32-17-20-13-9-6-10-14-20)22(29)26-16-21(15-19-11-7-5-8-12-19)28-24(31)33-25(2,3)4/h5-14,18,21H,15-17H2,1-4H3,(H,26,29)(H,27,30)(H,28,31). The van der Waals surface area contributed by atoms with Crippen LogP contribution in [0, 0.1) is 0 Å². The largest absolute Gasteiger partial charge is 0.445 e. The molecule has 0 saturated heterocycles. The molecule has 0 fully saturated rings. The zero-order chi connectivity index (χ0) is 24.3. The van der Waals surface area contributed by atoms with Crippen LogP contribution in [0.3, 0.4) is 0 Å². The summed E-state index contributed by atoms with van der Waals surface area (Å²) in [6.45, 7) is 7.19. The summed E-state index contributed by atoms with van der Waals surface area (Å²) in [6.07, 6.45) is -0.746. The lowest BCUT2D eigenvalue weighted by Crippen LogP contribution is -2.50. The van der Waals surface area contributed by atoms with Gasteiger partial charge >= 0.3 is 12.2 Å². The molecule has 2 aromatic carbocycles. The molecule has 2 unspecified atom stereocenters. The van der Waals surface area contributed by atoms with Crippen LogP contribution in [0.25, 0.3) is 0 Å². The van der Waals surface area contributed by atoms with Gasteiger partial charge in [0.1, 0.15) is 18.2 Å². The summed E-state index contributed by atoms with van der Waals surface area (Å²) < 4.78 is 10.5. The van der Waals surface area contributed by atoms with Gasteiger partial charge in [0, 0.05) is 6.54 Å². The van der Waals surface area contributed by atoms with E-state index < -0.39 is 35.8 Å². The molecule has 178 valence electrons. The van der Waals surface area contributed by atoms with E-state index in [1.54, 1.807) is 27.7 Å². The molecular formula is C25H33N3O5. The SMILES string of the molecule is CC(NC(=O)OCc1ccccc1)C(=O)NCC(Cc1ccccc1)NC(=O)OC(C)(C)C. The third-order valence-corrected chi connectivity index (χ3v) is 4.51. The van der Waals surface area contributed by atoms with Crippen LogP contribution in [0.1, 0.15) is 38.8 Å². The van der Waals surface area contributed by atoms with E-state index in [1.807, 2.05) is 60.7 Å². The maximum absolute atomic E-state index is 12.5. The number of nitrogens with one attached hydrogen (secondary N) is 3. The molecule has 0 heterocycles. The Bertz CT molecular complexity index is 897. The van der Waals surface area contributed by atoms with Gasteiger partial charge in [0.15, 0.2) is 0 Å². The van der Waals surface area contributed by atoms with Gasteiger partial charge in [-0.15, -0.1) is 0 Å². The number of hydrogen-bond acceptors (Lipinski definition) is 5. The van der Waals surface area contributed by atoms with E-state index in [0.29, 0.717) is 6.42 Å². The first-order valence-electron chi connectivity index (χ1n) is 10.9. The third-order valence-electron chi connectivity index (χ3n) is 4.51. The minimum absolute atomic E-state index is 0.111. The van der Waals surface area contributed by atoms with Crippen molar-refractivity contribution in [3.63, 3.8) is 0 Å². The second-order valence-corrected chi connectivity index (χ2v) is 8.71. The van der Waals surface area contributed by atoms with Gasteiger partial charge in [-0.25, -0.2) is 9.59 Å². The van der Waals surface area contributed by atoms with E-state index in [0.717, 1.165) is 11.1 Å². The number of carbonyl (C=O) groups excluding carboxylic acids is 3. The minimum atomic E-state index is -0.813. The number of carbonyl (C=O) groups is 3. The molecule has 0 radical (unpaired) electrons. The maximum atomic E-state index is 12.5. The van der Waals surface area contributed by atoms with Gasteiger partial charge in [-0.3, -0.25) is 4.79 Å². The lowest BCUT2D eigenvalue weighted by molar-refractivity contribution is -0.122. The molecule has 0 aliphatic carbocycles. The van der Waals surface area contributed by atoms with Gasteiger partial charge < -0.3 is 25.4 Å². The van der Waals surface area contributed by atoms with Crippen molar-refractivity contribution in [3.05, 3.63) is 71.8 Å². The van der Waals surface area contributed by atoms with Crippen LogP contribution in [-0.2, 0) is 27.3 Å². The Morgan fingerprint density at radius 2 is 1.42 bits per heavy atom. The van der Waals surface area contributed by atoms with Gasteiger partial charge in [0.25, 0.3) is 0 Å². The van der Waals surface area contributed by atoms with Crippen molar-refractivity contribution in [3.8, 4) is 0 Å². The van der Waals surface area contributed by atoms with E-state index in [1.165, 1.54) is 0 Å². The highest BCUT2D eigenvalue weighted by molar-refractivity contribution is 5.85. The summed E-state index contributed by atoms with van der Waals surface area (Å²) in [4.78, 5) is 36.8. The molecule has 0 spiro atoms. The molecule has 2 atom stereocenters. The highest BCUT2D eigenvalue weighted by Gasteiger charge is 2.22. The summed E-state index contributed by atoms with van der Waals surface area (Å²) in [7, 11) is 0. The Morgan fingerprint density at radius 3 is 2.00 bits per heavy atom. The predicted molar refractivity (Wildman–Crippen MR) is 126 cm³/mol. The van der Waals surface area contributed by atoms with Crippen molar-refractivity contribution in [2.24, 2.45) is 0 Å². The fourth-order valence-corrected chi connectivity index (χ4v) is 2.93. The quantitative estimate of drug-likeness (QED) is 0.536. The highest BCUT2D eigenvalue weighted by atomic mass is 16.6. The van der Waals surface area contributed by atoms with Crippen molar-refractivity contribution in [2.45, 2.75) is 58.4 Å². The fraction of sp³-hybridized carbons (Fsp3) is 0.400. The van der Waals surface area contributed by atoms with Gasteiger partial charge in [-0.2, -0.15) is 0 Å². The molecule has 0 aliphatic heterocycles. The van der Waals surface area contributed by atoms with Crippen LogP contribution in [0.4, 0.5) is 9.59 Å². The van der Waals surface area contributed by atoms with Crippen LogP contribution in [0.2, 0.25) is 0 Å². The molecule has 3 N–H and O–H groups in total. The van der Waals surface area contributed by atoms with Crippen LogP contribution in [-0.4, -0.2) is 42.3 Å². The number of amides is 3. The van der Waals surface area contributed by atoms with Crippen molar-refractivity contribution >= 4 is 18.1 Å². The zero-order valence-corrected chi connectivity index (χ0v) is 19.6. The second-order valence-electron chi connectivity index (χ2n) is 8.71. The first kappa shape index (κ1) is 25.7. The Hall–Kier alpha value is -3.55. The summed E-state index contributed by atoms with van der Waals surface area (Å²) in [5.41, 5.74) is 1.22. The van der Waals surface area contributed by atoms with Crippen LogP contribution in [0.15, 0.2) is 60.7 Å². The number of rotatable bonds is 9. The lowest BCUT2D eigenvalue weighted by Gasteiger charge is -2.24. The average Bonchev–Trinajstić information content (AvgIpc) is 2.76. The van der Waals surface area contributed by atoms with Crippen LogP contribution in [0.5, 0.6) is 0 Å². The lowest BCUT2D eigenvalue weighted by atomic mass is 10.1. The Kier molecular flexibility index (Phi) is 9.72. The van der Waals surface area contributed by atoms with Gasteiger partial charge in [0.2, 0.25) is 5.91 Å². The molecule has 0 aliphatic rings. The molecule has 0 aromatic heterocycles. The first-order chi connectivity index (χ1) is 15.6. The van der Waals surface area contributed by atoms with E-state index >= 15 is 0 Å². The Balaban J connectivity index is 1.86. The molecule has 0 bridgehead atoms. The van der Waals surface area contributed by atoms with Gasteiger partial charge in [0.05, 0.1) is 6.04 Å². The molecule has 3 amide bonds. The molecular weight excluding hydrogens is 422 g/mol. The highest BCUT2D eigenvalue weighted by Crippen LogP contribution is 2.08. The number of alkyl carbamates (subject to hydrolysis) is 2. The van der Waals surface area contributed by atoms with Gasteiger partial charge in [-0.1, -0.05) is 60.7 Å². The zero-order valence-electron chi connectivity index (χ0n) is 19.6. The van der Waals surface area contributed by atoms with E-state index in [9.17, 15) is 14.4 Å². The number of benzene rings is 2. The summed E-state index contributed by atoms with van der Waals surface area (Å²) >= 11 is 0. The minimum Gasteiger partial charge on any atom is -0.445 e. The number of ether oxygens (including phenoxy) is 2. The van der Waals surface area contributed by atoms with Crippen molar-refractivity contribution in [1.29, 1.82) is 0 Å². The Morgan fingerprint density at radius 1 is 0.848 bits per heavy atom. The van der Waals surface area contributed by atoms with E-state index in [4.69, 9.17) is 9.47 Å². The van der Waals surface area contributed by atoms with Crippen LogP contribution < -0.4 is 16.0 Å². The monoisotopic (exact) mass is 455 g/mol. The smallest absolute Gasteiger partial charge is 0.408 e. The molecule has 2 aromatic rings. The topological polar surface area (TPSA) is 106 Å². The second kappa shape index (κ2) is 12.5. The predicted octanol–water partition coefficient (Wildman–Crippen LogP) is 3.55. The first-order valence-corrected chi connectivity index (χ1v) is 10.9. The van der Waals surface area contributed by atoms with Crippen molar-refractivity contribution < 1.29 is 23.9 Å². The maximum Gasteiger partial charge on any atom is 0.408 e. The van der Waals surface area contributed by atoms with Crippen molar-refractivity contribution in [1.82, 2.24) is 16.0 Å². The fourth-order valence-electron chi connectivity index (χ4n) is 2.93.